The van der Waals surface area contributed by atoms with Gasteiger partial charge in [-0.2, -0.15) is 4.98 Å². The van der Waals surface area contributed by atoms with Crippen LogP contribution < -0.4 is 9.47 Å². The summed E-state index contributed by atoms with van der Waals surface area (Å²) in [6.45, 7) is 2.55. The van der Waals surface area contributed by atoms with Crippen LogP contribution in [-0.2, 0) is 11.3 Å². The van der Waals surface area contributed by atoms with Gasteiger partial charge in [-0.25, -0.2) is 0 Å². The Hall–Kier alpha value is -3.87. The Morgan fingerprint density at radius 3 is 2.58 bits per heavy atom. The number of fused-ring (bicyclic) bond motifs is 1. The maximum atomic E-state index is 12.7. The number of carbonyl (C=O) groups is 1. The molecule has 0 aliphatic carbocycles. The molecule has 4 aromatic rings. The van der Waals surface area contributed by atoms with Gasteiger partial charge in [0, 0.05) is 17.5 Å². The van der Waals surface area contributed by atoms with Crippen LogP contribution in [0.25, 0.3) is 22.2 Å². The fourth-order valence-corrected chi connectivity index (χ4v) is 3.27. The number of ether oxygens (including phenoxy) is 2. The molecule has 0 aliphatic rings. The van der Waals surface area contributed by atoms with E-state index < -0.39 is 0 Å². The number of hydrogen-bond donors (Lipinski definition) is 0. The number of amides is 1. The first kappa shape index (κ1) is 20.4. The summed E-state index contributed by atoms with van der Waals surface area (Å²) in [6, 6.07) is 21.1. The number of nitrogens with zero attached hydrogens (tertiary/aromatic N) is 3. The van der Waals surface area contributed by atoms with Gasteiger partial charge in [-0.15, -0.1) is 0 Å². The Labute approximate surface area is 180 Å². The van der Waals surface area contributed by atoms with Gasteiger partial charge < -0.3 is 18.9 Å². The van der Waals surface area contributed by atoms with Gasteiger partial charge in [-0.3, -0.25) is 4.79 Å². The van der Waals surface area contributed by atoms with Crippen LogP contribution in [0, 0.1) is 0 Å². The molecule has 31 heavy (non-hydrogen) atoms. The fourth-order valence-electron chi connectivity index (χ4n) is 3.27. The molecule has 0 fully saturated rings. The van der Waals surface area contributed by atoms with Crippen LogP contribution in [-0.4, -0.2) is 41.2 Å². The molecule has 158 valence electrons. The summed E-state index contributed by atoms with van der Waals surface area (Å²) in [5, 5.41) is 6.06. The lowest BCUT2D eigenvalue weighted by Crippen LogP contribution is -2.34. The van der Waals surface area contributed by atoms with E-state index in [2.05, 4.69) is 10.1 Å². The van der Waals surface area contributed by atoms with E-state index in [0.29, 0.717) is 24.0 Å². The van der Waals surface area contributed by atoms with Crippen molar-refractivity contribution in [2.24, 2.45) is 0 Å². The van der Waals surface area contributed by atoms with Gasteiger partial charge in [-0.05, 0) is 42.6 Å². The monoisotopic (exact) mass is 417 g/mol. The normalized spacial score (nSPS) is 10.8. The van der Waals surface area contributed by atoms with Gasteiger partial charge in [0.1, 0.15) is 18.0 Å². The van der Waals surface area contributed by atoms with E-state index in [1.54, 1.807) is 12.0 Å². The van der Waals surface area contributed by atoms with E-state index in [-0.39, 0.29) is 19.1 Å². The molecule has 0 radical (unpaired) electrons. The van der Waals surface area contributed by atoms with Crippen molar-refractivity contribution in [3.05, 3.63) is 72.6 Å². The Balaban J connectivity index is 1.40. The van der Waals surface area contributed by atoms with Crippen LogP contribution in [0.3, 0.4) is 0 Å². The average molecular weight is 417 g/mol. The summed E-state index contributed by atoms with van der Waals surface area (Å²) in [6.07, 6.45) is 0. The zero-order chi connectivity index (χ0) is 21.6. The van der Waals surface area contributed by atoms with Crippen LogP contribution >= 0.6 is 0 Å². The lowest BCUT2D eigenvalue weighted by Gasteiger charge is -2.19. The molecule has 0 aliphatic heterocycles. The Morgan fingerprint density at radius 1 is 1.03 bits per heavy atom. The van der Waals surface area contributed by atoms with E-state index in [4.69, 9.17) is 14.0 Å². The van der Waals surface area contributed by atoms with Gasteiger partial charge in [-0.1, -0.05) is 41.6 Å². The number of likely N-dealkylation sites (N-methyl/N-ethyl adjacent to an activating group) is 1. The third-order valence-electron chi connectivity index (χ3n) is 4.98. The van der Waals surface area contributed by atoms with E-state index in [9.17, 15) is 4.79 Å². The number of carbonyl (C=O) groups excluding carboxylic acids is 1. The molecule has 7 heteroatoms. The molecule has 7 nitrogen and oxygen atoms in total. The molecule has 0 spiro atoms. The maximum absolute atomic E-state index is 12.7. The number of aromatic nitrogens is 2. The van der Waals surface area contributed by atoms with Gasteiger partial charge in [0.15, 0.2) is 6.61 Å². The molecule has 0 bridgehead atoms. The summed E-state index contributed by atoms with van der Waals surface area (Å²) in [4.78, 5) is 18.8. The summed E-state index contributed by atoms with van der Waals surface area (Å²) in [7, 11) is 1.61. The highest BCUT2D eigenvalue weighted by Crippen LogP contribution is 2.25. The molecule has 1 amide bonds. The Kier molecular flexibility index (Phi) is 6.12. The summed E-state index contributed by atoms with van der Waals surface area (Å²) in [5.74, 6) is 2.11. The Bertz CT molecular complexity index is 1170. The minimum absolute atomic E-state index is 0.0681. The number of methoxy groups -OCH3 is 1. The summed E-state index contributed by atoms with van der Waals surface area (Å²) < 4.78 is 16.3. The van der Waals surface area contributed by atoms with Crippen LogP contribution in [0.5, 0.6) is 11.5 Å². The first-order valence-electron chi connectivity index (χ1n) is 10.0. The van der Waals surface area contributed by atoms with Crippen LogP contribution in [0.4, 0.5) is 0 Å². The van der Waals surface area contributed by atoms with Crippen molar-refractivity contribution in [3.8, 4) is 22.9 Å². The van der Waals surface area contributed by atoms with Crippen molar-refractivity contribution >= 4 is 16.7 Å². The molecule has 3 aromatic carbocycles. The second kappa shape index (κ2) is 9.30. The van der Waals surface area contributed by atoms with Crippen LogP contribution in [0.15, 0.2) is 71.3 Å². The highest BCUT2D eigenvalue weighted by atomic mass is 16.5. The molecule has 1 aromatic heterocycles. The van der Waals surface area contributed by atoms with Crippen molar-refractivity contribution in [1.29, 1.82) is 0 Å². The summed E-state index contributed by atoms with van der Waals surface area (Å²) in [5.41, 5.74) is 0.810. The maximum Gasteiger partial charge on any atom is 0.260 e. The molecule has 0 saturated carbocycles. The van der Waals surface area contributed by atoms with E-state index in [1.807, 2.05) is 73.7 Å². The van der Waals surface area contributed by atoms with E-state index in [1.165, 1.54) is 0 Å². The molecule has 0 saturated heterocycles. The van der Waals surface area contributed by atoms with Crippen LogP contribution in [0.1, 0.15) is 12.8 Å². The smallest absolute Gasteiger partial charge is 0.260 e. The highest BCUT2D eigenvalue weighted by molar-refractivity contribution is 5.88. The summed E-state index contributed by atoms with van der Waals surface area (Å²) >= 11 is 0. The first-order valence-corrected chi connectivity index (χ1v) is 10.0. The second-order valence-electron chi connectivity index (χ2n) is 6.91. The fraction of sp³-hybridized carbons (Fsp3) is 0.208. The molecular formula is C24H23N3O4. The SMILES string of the molecule is CCN(Cc1nc(-c2ccc(OC)cc2)no1)C(=O)COc1cccc2ccccc12. The lowest BCUT2D eigenvalue weighted by molar-refractivity contribution is -0.134. The zero-order valence-electron chi connectivity index (χ0n) is 17.4. The van der Waals surface area contributed by atoms with Crippen LogP contribution in [0.2, 0.25) is 0 Å². The lowest BCUT2D eigenvalue weighted by atomic mass is 10.1. The average Bonchev–Trinajstić information content (AvgIpc) is 3.29. The quantitative estimate of drug-likeness (QED) is 0.425. The van der Waals surface area contributed by atoms with Crippen molar-refractivity contribution in [2.45, 2.75) is 13.5 Å². The standard InChI is InChI=1S/C24H23N3O4/c1-3-27(15-22-25-24(26-31-22)18-11-13-19(29-2)14-12-18)23(28)16-30-21-10-6-8-17-7-4-5-9-20(17)21/h4-14H,3,15-16H2,1-2H3. The van der Waals surface area contributed by atoms with Gasteiger partial charge in [0.2, 0.25) is 11.7 Å². The predicted octanol–water partition coefficient (Wildman–Crippen LogP) is 4.33. The van der Waals surface area contributed by atoms with Gasteiger partial charge >= 0.3 is 0 Å². The highest BCUT2D eigenvalue weighted by Gasteiger charge is 2.18. The van der Waals surface area contributed by atoms with Crippen molar-refractivity contribution in [3.63, 3.8) is 0 Å². The van der Waals surface area contributed by atoms with Crippen molar-refractivity contribution in [2.75, 3.05) is 20.3 Å². The minimum atomic E-state index is -0.153. The molecule has 0 N–H and O–H groups in total. The molecule has 0 atom stereocenters. The molecule has 4 rings (SSSR count). The largest absolute Gasteiger partial charge is 0.497 e. The second-order valence-corrected chi connectivity index (χ2v) is 6.91. The Morgan fingerprint density at radius 2 is 1.81 bits per heavy atom. The third kappa shape index (κ3) is 4.66. The first-order chi connectivity index (χ1) is 15.2. The molecular weight excluding hydrogens is 394 g/mol. The third-order valence-corrected chi connectivity index (χ3v) is 4.98. The number of rotatable bonds is 8. The molecule has 1 heterocycles. The molecule has 0 unspecified atom stereocenters. The van der Waals surface area contributed by atoms with Gasteiger partial charge in [0.25, 0.3) is 5.91 Å². The van der Waals surface area contributed by atoms with E-state index in [0.717, 1.165) is 22.1 Å². The zero-order valence-corrected chi connectivity index (χ0v) is 17.4. The van der Waals surface area contributed by atoms with E-state index >= 15 is 0 Å². The van der Waals surface area contributed by atoms with Crippen molar-refractivity contribution in [1.82, 2.24) is 15.0 Å². The topological polar surface area (TPSA) is 77.7 Å². The minimum Gasteiger partial charge on any atom is -0.497 e. The number of benzene rings is 3. The number of hydrogen-bond acceptors (Lipinski definition) is 6. The van der Waals surface area contributed by atoms with Crippen molar-refractivity contribution < 1.29 is 18.8 Å². The van der Waals surface area contributed by atoms with Gasteiger partial charge in [0.05, 0.1) is 7.11 Å². The predicted molar refractivity (Wildman–Crippen MR) is 117 cm³/mol.